The van der Waals surface area contributed by atoms with Crippen molar-refractivity contribution in [2.45, 2.75) is 0 Å². The highest BCUT2D eigenvalue weighted by molar-refractivity contribution is 6.14. The maximum Gasteiger partial charge on any atom is 0.391 e. The van der Waals surface area contributed by atoms with E-state index in [9.17, 15) is 10.1 Å². The summed E-state index contributed by atoms with van der Waals surface area (Å²) < 4.78 is 0.859. The topological polar surface area (TPSA) is 61.0 Å². The average molecular weight is 148 g/mol. The second-order valence-electron chi connectivity index (χ2n) is 1.32. The van der Waals surface area contributed by atoms with Crippen molar-refractivity contribution in [2.75, 3.05) is 0 Å². The zero-order chi connectivity index (χ0) is 6.85. The average Bonchev–Trinajstić information content (AvgIpc) is 2.14. The predicted molar refractivity (Wildman–Crippen MR) is 30.1 cm³/mol. The molecule has 0 saturated heterocycles. The van der Waals surface area contributed by atoms with E-state index in [4.69, 9.17) is 11.8 Å². The van der Waals surface area contributed by atoms with E-state index in [-0.39, 0.29) is 5.82 Å². The molecule has 1 heterocycles. The molecule has 1 aromatic heterocycles. The zero-order valence-electron chi connectivity index (χ0n) is 4.19. The van der Waals surface area contributed by atoms with Crippen LogP contribution in [0.4, 0.5) is 5.82 Å². The van der Waals surface area contributed by atoms with Crippen LogP contribution >= 0.6 is 11.8 Å². The van der Waals surface area contributed by atoms with Gasteiger partial charge in [-0.3, -0.25) is 0 Å². The van der Waals surface area contributed by atoms with Gasteiger partial charge in [0.25, 0.3) is 0 Å². The van der Waals surface area contributed by atoms with Crippen LogP contribution in [-0.2, 0) is 0 Å². The third-order valence-corrected chi connectivity index (χ3v) is 0.920. The first-order chi connectivity index (χ1) is 4.20. The molecule has 0 aliphatic rings. The summed E-state index contributed by atoms with van der Waals surface area (Å²) in [6.07, 6.45) is 1.29. The summed E-state index contributed by atoms with van der Waals surface area (Å²) in [5.74, 6) is -0.245. The molecule has 0 N–H and O–H groups in total. The Morgan fingerprint density at radius 2 is 2.56 bits per heavy atom. The molecule has 9 heavy (non-hydrogen) atoms. The number of aromatic nitrogens is 2. The van der Waals surface area contributed by atoms with Crippen LogP contribution in [0.1, 0.15) is 0 Å². The van der Waals surface area contributed by atoms with Gasteiger partial charge in [0.2, 0.25) is 0 Å². The summed E-state index contributed by atoms with van der Waals surface area (Å²) in [6, 6.07) is 1.22. The summed E-state index contributed by atoms with van der Waals surface area (Å²) in [7, 11) is 0. The van der Waals surface area contributed by atoms with E-state index in [2.05, 4.69) is 5.10 Å². The van der Waals surface area contributed by atoms with Crippen LogP contribution in [0, 0.1) is 10.1 Å². The Bertz CT molecular complexity index is 233. The number of nitrogens with zero attached hydrogens (tertiary/aromatic N) is 3. The van der Waals surface area contributed by atoms with E-state index >= 15 is 0 Å². The van der Waals surface area contributed by atoms with E-state index in [0.29, 0.717) is 0 Å². The number of halogens is 1. The van der Waals surface area contributed by atoms with Crippen molar-refractivity contribution >= 4 is 17.6 Å². The van der Waals surface area contributed by atoms with Gasteiger partial charge in [-0.25, -0.2) is 0 Å². The molecule has 0 radical (unpaired) electrons. The van der Waals surface area contributed by atoms with E-state index in [1.165, 1.54) is 12.3 Å². The Morgan fingerprint density at radius 1 is 1.89 bits per heavy atom. The fourth-order valence-corrected chi connectivity index (χ4v) is 0.524. The molecule has 0 bridgehead atoms. The number of hydrogen-bond donors (Lipinski definition) is 0. The summed E-state index contributed by atoms with van der Waals surface area (Å²) in [4.78, 5) is 9.27. The summed E-state index contributed by atoms with van der Waals surface area (Å²) in [5.41, 5.74) is 0. The SMILES string of the molecule is O=[N+]([O-])c1ccn(Cl)n1. The normalized spacial score (nSPS) is 9.44. The summed E-state index contributed by atoms with van der Waals surface area (Å²) in [6.45, 7) is 0. The molecule has 0 fully saturated rings. The van der Waals surface area contributed by atoms with Crippen molar-refractivity contribution in [1.82, 2.24) is 9.30 Å². The van der Waals surface area contributed by atoms with Crippen LogP contribution in [0.3, 0.4) is 0 Å². The molecule has 48 valence electrons. The van der Waals surface area contributed by atoms with Gasteiger partial charge in [-0.15, -0.1) is 0 Å². The Labute approximate surface area is 55.1 Å². The van der Waals surface area contributed by atoms with Crippen molar-refractivity contribution < 1.29 is 4.92 Å². The molecule has 5 nitrogen and oxygen atoms in total. The minimum absolute atomic E-state index is 0.245. The Morgan fingerprint density at radius 3 is 2.78 bits per heavy atom. The molecule has 0 unspecified atom stereocenters. The second-order valence-corrected chi connectivity index (χ2v) is 1.67. The minimum atomic E-state index is -0.612. The molecule has 0 aliphatic carbocycles. The molecule has 0 saturated carbocycles. The van der Waals surface area contributed by atoms with Crippen molar-refractivity contribution in [1.29, 1.82) is 0 Å². The number of hydrogen-bond acceptors (Lipinski definition) is 3. The van der Waals surface area contributed by atoms with Crippen molar-refractivity contribution in [3.63, 3.8) is 0 Å². The van der Waals surface area contributed by atoms with Crippen LogP contribution in [0.15, 0.2) is 12.3 Å². The lowest BCUT2D eigenvalue weighted by atomic mass is 10.7. The minimum Gasteiger partial charge on any atom is -0.358 e. The van der Waals surface area contributed by atoms with Gasteiger partial charge < -0.3 is 10.1 Å². The Kier molecular flexibility index (Phi) is 1.35. The first kappa shape index (κ1) is 6.03. The van der Waals surface area contributed by atoms with Crippen LogP contribution in [-0.4, -0.2) is 14.2 Å². The highest BCUT2D eigenvalue weighted by atomic mass is 35.5. The molecule has 1 aromatic rings. The van der Waals surface area contributed by atoms with Gasteiger partial charge in [0.15, 0.2) is 0 Å². The highest BCUT2D eigenvalue weighted by Gasteiger charge is 2.07. The Balaban J connectivity index is 2.98. The maximum atomic E-state index is 9.89. The first-order valence-corrected chi connectivity index (χ1v) is 2.40. The largest absolute Gasteiger partial charge is 0.391 e. The molecule has 0 atom stereocenters. The lowest BCUT2D eigenvalue weighted by molar-refractivity contribution is -0.389. The smallest absolute Gasteiger partial charge is 0.358 e. The molecular formula is C3H2ClN3O2. The van der Waals surface area contributed by atoms with Crippen LogP contribution < -0.4 is 0 Å². The van der Waals surface area contributed by atoms with Crippen molar-refractivity contribution in [3.8, 4) is 0 Å². The molecule has 1 rings (SSSR count). The fraction of sp³-hybridized carbons (Fsp3) is 0. The van der Waals surface area contributed by atoms with E-state index in [0.717, 1.165) is 4.20 Å². The van der Waals surface area contributed by atoms with Crippen LogP contribution in [0.2, 0.25) is 0 Å². The van der Waals surface area contributed by atoms with E-state index < -0.39 is 4.92 Å². The lowest BCUT2D eigenvalue weighted by Gasteiger charge is -1.81. The van der Waals surface area contributed by atoms with Crippen molar-refractivity contribution in [3.05, 3.63) is 22.4 Å². The summed E-state index contributed by atoms with van der Waals surface area (Å²) in [5, 5.41) is 13.2. The van der Waals surface area contributed by atoms with Gasteiger partial charge in [-0.1, -0.05) is 4.20 Å². The maximum absolute atomic E-state index is 9.89. The van der Waals surface area contributed by atoms with Gasteiger partial charge in [0.05, 0.1) is 29.1 Å². The molecule has 0 amide bonds. The van der Waals surface area contributed by atoms with Crippen molar-refractivity contribution in [2.24, 2.45) is 0 Å². The number of nitro groups is 1. The molecule has 6 heteroatoms. The van der Waals surface area contributed by atoms with E-state index in [1.807, 2.05) is 0 Å². The molecule has 0 aromatic carbocycles. The van der Waals surface area contributed by atoms with Gasteiger partial charge in [0, 0.05) is 0 Å². The van der Waals surface area contributed by atoms with Gasteiger partial charge in [-0.2, -0.15) is 0 Å². The second kappa shape index (κ2) is 2.02. The predicted octanol–water partition coefficient (Wildman–Crippen LogP) is 0.793. The van der Waals surface area contributed by atoms with E-state index in [1.54, 1.807) is 0 Å². The standard InChI is InChI=1S/C3H2ClN3O2/c4-6-2-1-3(5-6)7(8)9/h1-2H. The first-order valence-electron chi connectivity index (χ1n) is 2.06. The molecular weight excluding hydrogens is 146 g/mol. The highest BCUT2D eigenvalue weighted by Crippen LogP contribution is 2.04. The fourth-order valence-electron chi connectivity index (χ4n) is 0.390. The zero-order valence-corrected chi connectivity index (χ0v) is 4.95. The molecule has 0 spiro atoms. The quantitative estimate of drug-likeness (QED) is 0.436. The Hall–Kier alpha value is -1.10. The summed E-state index contributed by atoms with van der Waals surface area (Å²) >= 11 is 5.21. The monoisotopic (exact) mass is 147 g/mol. The van der Waals surface area contributed by atoms with Crippen LogP contribution in [0.25, 0.3) is 0 Å². The third-order valence-electron chi connectivity index (χ3n) is 0.732. The number of rotatable bonds is 1. The van der Waals surface area contributed by atoms with Gasteiger partial charge in [0.1, 0.15) is 0 Å². The van der Waals surface area contributed by atoms with Gasteiger partial charge >= 0.3 is 5.82 Å². The van der Waals surface area contributed by atoms with Crippen LogP contribution in [0.5, 0.6) is 0 Å². The third kappa shape index (κ3) is 1.17. The molecule has 0 aliphatic heterocycles. The lowest BCUT2D eigenvalue weighted by Crippen LogP contribution is -1.88. The van der Waals surface area contributed by atoms with Gasteiger partial charge in [-0.05, 0) is 4.92 Å².